The summed E-state index contributed by atoms with van der Waals surface area (Å²) in [6.07, 6.45) is 7.15. The number of phenols is 1. The molecular formula is C24H33N3O3. The first-order valence-corrected chi connectivity index (χ1v) is 10.6. The molecule has 0 saturated heterocycles. The first-order chi connectivity index (χ1) is 14.2. The number of ether oxygens (including phenoxy) is 1. The number of benzene rings is 1. The number of aromatic nitrogens is 1. The van der Waals surface area contributed by atoms with Crippen LogP contribution in [0.4, 0.5) is 4.79 Å². The number of rotatable bonds is 5. The number of carbonyl (C=O) groups excluding carboxylic acids is 1. The highest BCUT2D eigenvalue weighted by molar-refractivity contribution is 5.68. The second-order valence-corrected chi connectivity index (χ2v) is 9.06. The van der Waals surface area contributed by atoms with Gasteiger partial charge in [-0.1, -0.05) is 6.07 Å². The summed E-state index contributed by atoms with van der Waals surface area (Å²) in [4.78, 5) is 18.1. The first kappa shape index (κ1) is 22.1. The third-order valence-electron chi connectivity index (χ3n) is 5.60. The van der Waals surface area contributed by atoms with Gasteiger partial charge >= 0.3 is 6.09 Å². The summed E-state index contributed by atoms with van der Waals surface area (Å²) in [5.74, 6) is 0.304. The standard InChI is InChI=1S/C24H33N3O3/c1-24(2,3)30-23(29)27(4)21-8-6-20(7-9-21)26-16-19-15-18(5-10-22(19)28)17-11-13-25-14-12-17/h5,10-15,20-21,26,28H,6-9,16H2,1-4H3/t20-,21-. The smallest absolute Gasteiger partial charge is 0.410 e. The van der Waals surface area contributed by atoms with Crippen LogP contribution in [0.25, 0.3) is 11.1 Å². The second-order valence-electron chi connectivity index (χ2n) is 9.06. The van der Waals surface area contributed by atoms with Crippen LogP contribution in [0.1, 0.15) is 52.0 Å². The van der Waals surface area contributed by atoms with Crippen LogP contribution in [-0.2, 0) is 11.3 Å². The fourth-order valence-electron chi connectivity index (χ4n) is 3.86. The molecule has 0 atom stereocenters. The number of nitrogens with zero attached hydrogens (tertiary/aromatic N) is 2. The second kappa shape index (κ2) is 9.47. The van der Waals surface area contributed by atoms with E-state index in [0.717, 1.165) is 42.4 Å². The minimum Gasteiger partial charge on any atom is -0.508 e. The summed E-state index contributed by atoms with van der Waals surface area (Å²) in [7, 11) is 1.83. The van der Waals surface area contributed by atoms with E-state index in [1.165, 1.54) is 0 Å². The number of amides is 1. The molecule has 1 aliphatic rings. The Labute approximate surface area is 179 Å². The number of aromatic hydroxyl groups is 1. The van der Waals surface area contributed by atoms with E-state index < -0.39 is 5.60 Å². The normalized spacial score (nSPS) is 19.3. The number of carbonyl (C=O) groups is 1. The fraction of sp³-hybridized carbons (Fsp3) is 0.500. The lowest BCUT2D eigenvalue weighted by atomic mass is 9.90. The number of hydrogen-bond donors (Lipinski definition) is 2. The van der Waals surface area contributed by atoms with E-state index in [-0.39, 0.29) is 12.1 Å². The topological polar surface area (TPSA) is 74.7 Å². The van der Waals surface area contributed by atoms with Crippen LogP contribution in [0.5, 0.6) is 5.75 Å². The maximum Gasteiger partial charge on any atom is 0.410 e. The predicted molar refractivity (Wildman–Crippen MR) is 118 cm³/mol. The van der Waals surface area contributed by atoms with Crippen LogP contribution in [0.3, 0.4) is 0 Å². The van der Waals surface area contributed by atoms with Crippen LogP contribution in [0.2, 0.25) is 0 Å². The zero-order valence-corrected chi connectivity index (χ0v) is 18.4. The zero-order chi connectivity index (χ0) is 21.7. The van der Waals surface area contributed by atoms with E-state index in [9.17, 15) is 9.90 Å². The largest absolute Gasteiger partial charge is 0.508 e. The molecular weight excluding hydrogens is 378 g/mol. The molecule has 6 nitrogen and oxygen atoms in total. The van der Waals surface area contributed by atoms with Crippen molar-refractivity contribution in [2.24, 2.45) is 0 Å². The Hall–Kier alpha value is -2.60. The molecule has 2 N–H and O–H groups in total. The van der Waals surface area contributed by atoms with Gasteiger partial charge in [-0.3, -0.25) is 4.98 Å². The summed E-state index contributed by atoms with van der Waals surface area (Å²) >= 11 is 0. The molecule has 0 radical (unpaired) electrons. The van der Waals surface area contributed by atoms with Crippen molar-refractivity contribution in [1.82, 2.24) is 15.2 Å². The fourth-order valence-corrected chi connectivity index (χ4v) is 3.86. The van der Waals surface area contributed by atoms with Gasteiger partial charge in [0.2, 0.25) is 0 Å². The molecule has 30 heavy (non-hydrogen) atoms. The molecule has 1 aliphatic carbocycles. The van der Waals surface area contributed by atoms with Gasteiger partial charge in [0.1, 0.15) is 11.4 Å². The van der Waals surface area contributed by atoms with Crippen molar-refractivity contribution >= 4 is 6.09 Å². The molecule has 6 heteroatoms. The number of nitrogens with one attached hydrogen (secondary N) is 1. The Bertz CT molecular complexity index is 841. The van der Waals surface area contributed by atoms with E-state index in [1.807, 2.05) is 52.1 Å². The molecule has 1 aromatic heterocycles. The molecule has 1 aromatic carbocycles. The Kier molecular flexibility index (Phi) is 6.98. The molecule has 162 valence electrons. The minimum atomic E-state index is -0.475. The van der Waals surface area contributed by atoms with Crippen LogP contribution in [0.15, 0.2) is 42.7 Å². The highest BCUT2D eigenvalue weighted by Crippen LogP contribution is 2.27. The van der Waals surface area contributed by atoms with E-state index >= 15 is 0 Å². The van der Waals surface area contributed by atoms with Gasteiger partial charge < -0.3 is 20.1 Å². The van der Waals surface area contributed by atoms with Crippen LogP contribution in [-0.4, -0.2) is 45.8 Å². The van der Waals surface area contributed by atoms with E-state index in [4.69, 9.17) is 4.74 Å². The van der Waals surface area contributed by atoms with Gasteiger partial charge in [-0.15, -0.1) is 0 Å². The third-order valence-corrected chi connectivity index (χ3v) is 5.60. The number of phenolic OH excluding ortho intramolecular Hbond substituents is 1. The molecule has 3 rings (SSSR count). The van der Waals surface area contributed by atoms with Crippen molar-refractivity contribution in [1.29, 1.82) is 0 Å². The summed E-state index contributed by atoms with van der Waals surface area (Å²) in [5.41, 5.74) is 2.56. The van der Waals surface area contributed by atoms with Gasteiger partial charge in [0, 0.05) is 43.6 Å². The van der Waals surface area contributed by atoms with E-state index in [1.54, 1.807) is 23.4 Å². The van der Waals surface area contributed by atoms with Crippen molar-refractivity contribution in [3.8, 4) is 16.9 Å². The van der Waals surface area contributed by atoms with E-state index in [2.05, 4.69) is 10.3 Å². The molecule has 0 aliphatic heterocycles. The van der Waals surface area contributed by atoms with Crippen LogP contribution < -0.4 is 5.32 Å². The third kappa shape index (κ3) is 5.95. The van der Waals surface area contributed by atoms with Crippen LogP contribution >= 0.6 is 0 Å². The van der Waals surface area contributed by atoms with Gasteiger partial charge in [0.05, 0.1) is 0 Å². The maximum atomic E-state index is 12.3. The Morgan fingerprint density at radius 1 is 1.13 bits per heavy atom. The van der Waals surface area contributed by atoms with Crippen molar-refractivity contribution in [2.75, 3.05) is 7.05 Å². The number of hydrogen-bond acceptors (Lipinski definition) is 5. The predicted octanol–water partition coefficient (Wildman–Crippen LogP) is 4.72. The molecule has 2 aromatic rings. The van der Waals surface area contributed by atoms with Gasteiger partial charge in [-0.05, 0) is 81.8 Å². The van der Waals surface area contributed by atoms with Crippen molar-refractivity contribution < 1.29 is 14.6 Å². The van der Waals surface area contributed by atoms with Gasteiger partial charge in [-0.2, -0.15) is 0 Å². The Morgan fingerprint density at radius 2 is 1.80 bits per heavy atom. The summed E-state index contributed by atoms with van der Waals surface area (Å²) < 4.78 is 5.49. The van der Waals surface area contributed by atoms with Crippen molar-refractivity contribution in [2.45, 2.75) is 70.7 Å². The lowest BCUT2D eigenvalue weighted by molar-refractivity contribution is 0.0179. The van der Waals surface area contributed by atoms with E-state index in [0.29, 0.717) is 18.3 Å². The quantitative estimate of drug-likeness (QED) is 0.744. The lowest BCUT2D eigenvalue weighted by Gasteiger charge is -2.35. The lowest BCUT2D eigenvalue weighted by Crippen LogP contribution is -2.44. The summed E-state index contributed by atoms with van der Waals surface area (Å²) in [6.45, 7) is 6.28. The van der Waals surface area contributed by atoms with Crippen molar-refractivity contribution in [3.05, 3.63) is 48.3 Å². The Balaban J connectivity index is 1.52. The zero-order valence-electron chi connectivity index (χ0n) is 18.4. The highest BCUT2D eigenvalue weighted by Gasteiger charge is 2.29. The summed E-state index contributed by atoms with van der Waals surface area (Å²) in [6, 6.07) is 10.2. The monoisotopic (exact) mass is 411 g/mol. The molecule has 0 unspecified atom stereocenters. The molecule has 1 amide bonds. The first-order valence-electron chi connectivity index (χ1n) is 10.6. The van der Waals surface area contributed by atoms with Gasteiger partial charge in [-0.25, -0.2) is 4.79 Å². The highest BCUT2D eigenvalue weighted by atomic mass is 16.6. The number of pyridine rings is 1. The molecule has 0 spiro atoms. The van der Waals surface area contributed by atoms with Gasteiger partial charge in [0.25, 0.3) is 0 Å². The van der Waals surface area contributed by atoms with Gasteiger partial charge in [0.15, 0.2) is 0 Å². The molecule has 1 fully saturated rings. The SMILES string of the molecule is CN(C(=O)OC(C)(C)C)[C@H]1CC[C@H](NCc2cc(-c3ccncc3)ccc2O)CC1. The summed E-state index contributed by atoms with van der Waals surface area (Å²) in [5, 5.41) is 13.8. The molecule has 1 heterocycles. The van der Waals surface area contributed by atoms with Crippen LogP contribution in [0, 0.1) is 0 Å². The maximum absolute atomic E-state index is 12.3. The molecule has 1 saturated carbocycles. The van der Waals surface area contributed by atoms with Crippen molar-refractivity contribution in [3.63, 3.8) is 0 Å². The Morgan fingerprint density at radius 3 is 2.43 bits per heavy atom. The molecule has 0 bridgehead atoms. The average Bonchev–Trinajstić information content (AvgIpc) is 2.72. The average molecular weight is 412 g/mol. The minimum absolute atomic E-state index is 0.210.